The van der Waals surface area contributed by atoms with Crippen molar-refractivity contribution < 1.29 is 0 Å². The minimum absolute atomic E-state index is 0.789. The highest BCUT2D eigenvalue weighted by atomic mass is 15.1. The van der Waals surface area contributed by atoms with Crippen LogP contribution >= 0.6 is 0 Å². The first-order valence-electron chi connectivity index (χ1n) is 7.72. The smallest absolute Gasteiger partial charge is 0.0859 e. The number of para-hydroxylation sites is 3. The third-order valence-electron chi connectivity index (χ3n) is 3.87. The van der Waals surface area contributed by atoms with E-state index in [1.807, 2.05) is 24.3 Å². The van der Waals surface area contributed by atoms with Crippen LogP contribution in [0.25, 0.3) is 0 Å². The molecule has 0 aliphatic carbocycles. The number of hydrogen-bond acceptors (Lipinski definition) is 2. The van der Waals surface area contributed by atoms with Gasteiger partial charge in [0.2, 0.25) is 0 Å². The highest BCUT2D eigenvalue weighted by Crippen LogP contribution is 2.34. The molecule has 3 aromatic rings. The molecule has 3 aromatic carbocycles. The molecule has 3 rings (SSSR count). The maximum atomic E-state index is 4.18. The van der Waals surface area contributed by atoms with Gasteiger partial charge in [-0.2, -0.15) is 0 Å². The van der Waals surface area contributed by atoms with Gasteiger partial charge < -0.3 is 4.90 Å². The normalized spacial score (nSPS) is 10.3. The zero-order chi connectivity index (χ0) is 16.1. The molecular weight excluding hydrogens is 280 g/mol. The molecule has 0 N–H and O–H groups in total. The maximum absolute atomic E-state index is 4.18. The van der Waals surface area contributed by atoms with Crippen molar-refractivity contribution in [3.05, 3.63) is 90.0 Å². The fraction of sp³-hybridized carbons (Fsp3) is 0.0952. The van der Waals surface area contributed by atoms with E-state index in [1.54, 1.807) is 0 Å². The number of aliphatic imine (C=N–C) groups is 1. The Morgan fingerprint density at radius 1 is 0.826 bits per heavy atom. The largest absolute Gasteiger partial charge is 0.335 e. The molecular formula is C21H20N2. The second kappa shape index (κ2) is 6.93. The minimum atomic E-state index is 0.789. The van der Waals surface area contributed by atoms with Crippen LogP contribution in [0, 0.1) is 6.92 Å². The molecule has 0 radical (unpaired) electrons. The average molecular weight is 300 g/mol. The van der Waals surface area contributed by atoms with Crippen molar-refractivity contribution in [3.8, 4) is 0 Å². The summed E-state index contributed by atoms with van der Waals surface area (Å²) in [4.78, 5) is 6.45. The third-order valence-corrected chi connectivity index (χ3v) is 3.87. The Morgan fingerprint density at radius 2 is 1.48 bits per heavy atom. The molecule has 0 aromatic heterocycles. The van der Waals surface area contributed by atoms with E-state index < -0.39 is 0 Å². The molecule has 2 heteroatoms. The molecule has 114 valence electrons. The summed E-state index contributed by atoms with van der Waals surface area (Å²) >= 11 is 0. The van der Waals surface area contributed by atoms with Crippen LogP contribution in [0.2, 0.25) is 0 Å². The summed E-state index contributed by atoms with van der Waals surface area (Å²) in [5.74, 6) is 0. The standard InChI is InChI=1S/C21H20N2/c1-17-12-14-18(15-13-17)16-23(19-8-4-3-5-9-19)21-11-7-6-10-20(21)22-2/h3-15H,2,16H2,1H3. The summed E-state index contributed by atoms with van der Waals surface area (Å²) in [5.41, 5.74) is 5.63. The fourth-order valence-corrected chi connectivity index (χ4v) is 2.63. The minimum Gasteiger partial charge on any atom is -0.335 e. The molecule has 0 amide bonds. The van der Waals surface area contributed by atoms with Crippen molar-refractivity contribution in [3.63, 3.8) is 0 Å². The summed E-state index contributed by atoms with van der Waals surface area (Å²) in [6, 6.07) is 27.1. The number of hydrogen-bond donors (Lipinski definition) is 0. The Kier molecular flexibility index (Phi) is 4.53. The Balaban J connectivity index is 2.03. The van der Waals surface area contributed by atoms with Crippen molar-refractivity contribution in [2.75, 3.05) is 4.90 Å². The summed E-state index contributed by atoms with van der Waals surface area (Å²) in [6.07, 6.45) is 0. The second-order valence-electron chi connectivity index (χ2n) is 5.55. The predicted molar refractivity (Wildman–Crippen MR) is 99.1 cm³/mol. The van der Waals surface area contributed by atoms with Gasteiger partial charge in [0.1, 0.15) is 0 Å². The molecule has 0 spiro atoms. The Hall–Kier alpha value is -2.87. The fourth-order valence-electron chi connectivity index (χ4n) is 2.63. The molecule has 0 saturated heterocycles. The van der Waals surface area contributed by atoms with E-state index in [0.717, 1.165) is 23.6 Å². The molecule has 0 fully saturated rings. The third kappa shape index (κ3) is 3.49. The van der Waals surface area contributed by atoms with Gasteiger partial charge >= 0.3 is 0 Å². The van der Waals surface area contributed by atoms with E-state index in [4.69, 9.17) is 0 Å². The number of rotatable bonds is 5. The van der Waals surface area contributed by atoms with Crippen LogP contribution in [0.4, 0.5) is 17.1 Å². The Bertz CT molecular complexity index is 776. The van der Waals surface area contributed by atoms with E-state index in [0.29, 0.717) is 0 Å². The van der Waals surface area contributed by atoms with Gasteiger partial charge in [-0.25, -0.2) is 0 Å². The summed E-state index contributed by atoms with van der Waals surface area (Å²) in [7, 11) is 0. The van der Waals surface area contributed by atoms with Gasteiger partial charge in [0.25, 0.3) is 0 Å². The molecule has 0 bridgehead atoms. The average Bonchev–Trinajstić information content (AvgIpc) is 2.62. The topological polar surface area (TPSA) is 15.6 Å². The van der Waals surface area contributed by atoms with E-state index >= 15 is 0 Å². The van der Waals surface area contributed by atoms with Crippen molar-refractivity contribution in [2.24, 2.45) is 4.99 Å². The van der Waals surface area contributed by atoms with E-state index in [1.165, 1.54) is 11.1 Å². The lowest BCUT2D eigenvalue weighted by atomic mass is 10.1. The van der Waals surface area contributed by atoms with E-state index in [-0.39, 0.29) is 0 Å². The van der Waals surface area contributed by atoms with Gasteiger partial charge in [-0.05, 0) is 43.5 Å². The van der Waals surface area contributed by atoms with Gasteiger partial charge in [-0.1, -0.05) is 60.2 Å². The molecule has 0 aliphatic rings. The zero-order valence-corrected chi connectivity index (χ0v) is 13.3. The zero-order valence-electron chi connectivity index (χ0n) is 13.3. The van der Waals surface area contributed by atoms with Gasteiger partial charge in [0.05, 0.1) is 11.4 Å². The Morgan fingerprint density at radius 3 is 2.17 bits per heavy atom. The highest BCUT2D eigenvalue weighted by molar-refractivity contribution is 5.75. The molecule has 0 heterocycles. The van der Waals surface area contributed by atoms with Crippen LogP contribution in [0.15, 0.2) is 83.9 Å². The number of benzene rings is 3. The van der Waals surface area contributed by atoms with Crippen LogP contribution in [-0.2, 0) is 6.54 Å². The van der Waals surface area contributed by atoms with Crippen molar-refractivity contribution in [1.82, 2.24) is 0 Å². The van der Waals surface area contributed by atoms with Crippen molar-refractivity contribution in [1.29, 1.82) is 0 Å². The first-order chi connectivity index (χ1) is 11.3. The Labute approximate surface area is 137 Å². The molecule has 2 nitrogen and oxygen atoms in total. The predicted octanol–water partition coefficient (Wildman–Crippen LogP) is 5.67. The van der Waals surface area contributed by atoms with Crippen molar-refractivity contribution in [2.45, 2.75) is 13.5 Å². The van der Waals surface area contributed by atoms with Gasteiger partial charge in [-0.3, -0.25) is 4.99 Å². The maximum Gasteiger partial charge on any atom is 0.0859 e. The molecule has 0 aliphatic heterocycles. The first-order valence-corrected chi connectivity index (χ1v) is 7.72. The molecule has 0 unspecified atom stereocenters. The molecule has 0 atom stereocenters. The van der Waals surface area contributed by atoms with Crippen LogP contribution in [0.5, 0.6) is 0 Å². The van der Waals surface area contributed by atoms with Gasteiger partial charge in [0, 0.05) is 12.2 Å². The van der Waals surface area contributed by atoms with Crippen LogP contribution < -0.4 is 4.90 Å². The SMILES string of the molecule is C=Nc1ccccc1N(Cc1ccc(C)cc1)c1ccccc1. The van der Waals surface area contributed by atoms with E-state index in [2.05, 4.69) is 78.1 Å². The van der Waals surface area contributed by atoms with Crippen LogP contribution in [0.1, 0.15) is 11.1 Å². The van der Waals surface area contributed by atoms with Crippen LogP contribution in [0.3, 0.4) is 0 Å². The number of aryl methyl sites for hydroxylation is 1. The lowest BCUT2D eigenvalue weighted by Gasteiger charge is -2.26. The van der Waals surface area contributed by atoms with Crippen LogP contribution in [-0.4, -0.2) is 6.72 Å². The second-order valence-corrected chi connectivity index (χ2v) is 5.55. The quantitative estimate of drug-likeness (QED) is 0.555. The molecule has 0 saturated carbocycles. The van der Waals surface area contributed by atoms with Crippen molar-refractivity contribution >= 4 is 23.8 Å². The number of anilines is 2. The first kappa shape index (κ1) is 15.0. The number of nitrogens with zero attached hydrogens (tertiary/aromatic N) is 2. The highest BCUT2D eigenvalue weighted by Gasteiger charge is 2.13. The lowest BCUT2D eigenvalue weighted by molar-refractivity contribution is 0.974. The van der Waals surface area contributed by atoms with E-state index in [9.17, 15) is 0 Å². The van der Waals surface area contributed by atoms with Gasteiger partial charge in [-0.15, -0.1) is 0 Å². The molecule has 23 heavy (non-hydrogen) atoms. The monoisotopic (exact) mass is 300 g/mol. The summed E-state index contributed by atoms with van der Waals surface area (Å²) < 4.78 is 0. The summed E-state index contributed by atoms with van der Waals surface area (Å²) in [5, 5.41) is 0. The van der Waals surface area contributed by atoms with Gasteiger partial charge in [0.15, 0.2) is 0 Å². The summed E-state index contributed by atoms with van der Waals surface area (Å²) in [6.45, 7) is 6.60. The lowest BCUT2D eigenvalue weighted by Crippen LogP contribution is -2.16.